The maximum atomic E-state index is 10.8. The smallest absolute Gasteiger partial charge is 0.153 e. The van der Waals surface area contributed by atoms with Crippen LogP contribution in [0.1, 0.15) is 27.9 Å². The summed E-state index contributed by atoms with van der Waals surface area (Å²) in [5.74, 6) is 0.661. The molecule has 14 heavy (non-hydrogen) atoms. The van der Waals surface area contributed by atoms with Crippen molar-refractivity contribution in [2.45, 2.75) is 12.8 Å². The molecule has 0 heterocycles. The Morgan fingerprint density at radius 1 is 1.43 bits per heavy atom. The van der Waals surface area contributed by atoms with Gasteiger partial charge in [0.1, 0.15) is 5.75 Å². The number of carbonyl (C=O) groups is 1. The maximum Gasteiger partial charge on any atom is 0.153 e. The molecule has 0 radical (unpaired) electrons. The second-order valence-corrected chi connectivity index (χ2v) is 3.47. The van der Waals surface area contributed by atoms with E-state index >= 15 is 0 Å². The van der Waals surface area contributed by atoms with Crippen molar-refractivity contribution in [2.75, 3.05) is 7.11 Å². The first kappa shape index (κ1) is 9.00. The van der Waals surface area contributed by atoms with Crippen LogP contribution in [0.15, 0.2) is 18.7 Å². The molecule has 2 heteroatoms. The first-order valence-corrected chi connectivity index (χ1v) is 4.60. The van der Waals surface area contributed by atoms with Gasteiger partial charge in [-0.2, -0.15) is 0 Å². The zero-order valence-electron chi connectivity index (χ0n) is 8.17. The first-order chi connectivity index (χ1) is 6.76. The fourth-order valence-corrected chi connectivity index (χ4v) is 1.86. The van der Waals surface area contributed by atoms with E-state index in [1.807, 2.05) is 12.1 Å². The van der Waals surface area contributed by atoms with E-state index in [4.69, 9.17) is 4.74 Å². The topological polar surface area (TPSA) is 26.3 Å². The highest BCUT2D eigenvalue weighted by Gasteiger charge is 2.17. The molecule has 1 aromatic carbocycles. The van der Waals surface area contributed by atoms with Crippen LogP contribution in [0.5, 0.6) is 5.75 Å². The van der Waals surface area contributed by atoms with Crippen molar-refractivity contribution in [3.63, 3.8) is 0 Å². The molecule has 0 atom stereocenters. The highest BCUT2D eigenvalue weighted by Crippen LogP contribution is 2.34. The van der Waals surface area contributed by atoms with Gasteiger partial charge in [0.15, 0.2) is 6.29 Å². The predicted molar refractivity (Wildman–Crippen MR) is 55.7 cm³/mol. The molecular weight excluding hydrogens is 176 g/mol. The first-order valence-electron chi connectivity index (χ1n) is 4.60. The third-order valence-electron chi connectivity index (χ3n) is 2.66. The molecule has 72 valence electrons. The Morgan fingerprint density at radius 3 is 2.86 bits per heavy atom. The van der Waals surface area contributed by atoms with E-state index in [9.17, 15) is 4.79 Å². The lowest BCUT2D eigenvalue weighted by molar-refractivity contribution is 0.112. The molecule has 1 aliphatic carbocycles. The second kappa shape index (κ2) is 3.29. The number of ether oxygens (including phenoxy) is 1. The molecule has 0 amide bonds. The summed E-state index contributed by atoms with van der Waals surface area (Å²) in [7, 11) is 1.58. The van der Waals surface area contributed by atoms with Gasteiger partial charge in [-0.3, -0.25) is 4.79 Å². The van der Waals surface area contributed by atoms with Crippen LogP contribution in [0.2, 0.25) is 0 Å². The molecule has 0 bridgehead atoms. The van der Waals surface area contributed by atoms with Crippen LogP contribution in [-0.2, 0) is 6.42 Å². The molecule has 0 N–H and O–H groups in total. The van der Waals surface area contributed by atoms with Crippen molar-refractivity contribution in [1.82, 2.24) is 0 Å². The van der Waals surface area contributed by atoms with E-state index in [-0.39, 0.29) is 0 Å². The van der Waals surface area contributed by atoms with Gasteiger partial charge < -0.3 is 4.74 Å². The molecule has 1 aliphatic rings. The molecule has 0 aromatic heterocycles. The number of aldehydes is 1. The number of allylic oxidation sites excluding steroid dienone is 1. The fourth-order valence-electron chi connectivity index (χ4n) is 1.86. The number of hydrogen-bond donors (Lipinski definition) is 0. The minimum absolute atomic E-state index is 0.606. The average Bonchev–Trinajstić information content (AvgIpc) is 2.58. The Bertz CT molecular complexity index is 404. The quantitative estimate of drug-likeness (QED) is 0.666. The second-order valence-electron chi connectivity index (χ2n) is 3.47. The number of carbonyl (C=O) groups excluding carboxylic acids is 1. The lowest BCUT2D eigenvalue weighted by Gasteiger charge is -2.07. The van der Waals surface area contributed by atoms with Gasteiger partial charge in [-0.05, 0) is 41.7 Å². The van der Waals surface area contributed by atoms with Crippen LogP contribution in [-0.4, -0.2) is 13.4 Å². The zero-order valence-corrected chi connectivity index (χ0v) is 8.17. The lowest BCUT2D eigenvalue weighted by Crippen LogP contribution is -1.93. The Kier molecular flexibility index (Phi) is 2.12. The van der Waals surface area contributed by atoms with Crippen LogP contribution in [0.3, 0.4) is 0 Å². The molecule has 2 rings (SSSR count). The minimum atomic E-state index is 0.606. The van der Waals surface area contributed by atoms with E-state index in [0.717, 1.165) is 30.3 Å². The Balaban J connectivity index is 2.60. The summed E-state index contributed by atoms with van der Waals surface area (Å²) >= 11 is 0. The predicted octanol–water partition coefficient (Wildman–Crippen LogP) is 2.47. The van der Waals surface area contributed by atoms with Crippen LogP contribution in [0.4, 0.5) is 0 Å². The van der Waals surface area contributed by atoms with Crippen molar-refractivity contribution in [1.29, 1.82) is 0 Å². The van der Waals surface area contributed by atoms with Gasteiger partial charge in [0.05, 0.1) is 12.7 Å². The number of methoxy groups -OCH3 is 1. The summed E-state index contributed by atoms with van der Waals surface area (Å²) in [5.41, 5.74) is 4.07. The molecule has 0 fully saturated rings. The summed E-state index contributed by atoms with van der Waals surface area (Å²) < 4.78 is 5.14. The van der Waals surface area contributed by atoms with Crippen molar-refractivity contribution >= 4 is 11.9 Å². The third-order valence-corrected chi connectivity index (χ3v) is 2.66. The summed E-state index contributed by atoms with van der Waals surface area (Å²) in [5, 5.41) is 0. The summed E-state index contributed by atoms with van der Waals surface area (Å²) in [6, 6.07) is 3.81. The molecule has 0 unspecified atom stereocenters. The van der Waals surface area contributed by atoms with E-state index in [1.54, 1.807) is 7.11 Å². The van der Waals surface area contributed by atoms with Gasteiger partial charge in [-0.15, -0.1) is 0 Å². The Hall–Kier alpha value is -1.57. The molecule has 0 saturated carbocycles. The monoisotopic (exact) mass is 188 g/mol. The number of fused-ring (bicyclic) bond motifs is 1. The highest BCUT2D eigenvalue weighted by atomic mass is 16.5. The summed E-state index contributed by atoms with van der Waals surface area (Å²) in [6.45, 7) is 3.97. The van der Waals surface area contributed by atoms with E-state index in [2.05, 4.69) is 6.58 Å². The Labute approximate surface area is 83.2 Å². The molecule has 1 aromatic rings. The number of aryl methyl sites for hydroxylation is 1. The van der Waals surface area contributed by atoms with Crippen LogP contribution < -0.4 is 4.74 Å². The fraction of sp³-hybridized carbons (Fsp3) is 0.250. The number of rotatable bonds is 2. The molecular formula is C12H12O2. The van der Waals surface area contributed by atoms with Gasteiger partial charge >= 0.3 is 0 Å². The van der Waals surface area contributed by atoms with Gasteiger partial charge in [-0.1, -0.05) is 6.58 Å². The number of hydrogen-bond acceptors (Lipinski definition) is 2. The molecule has 0 spiro atoms. The number of benzene rings is 1. The lowest BCUT2D eigenvalue weighted by atomic mass is 10.0. The minimum Gasteiger partial charge on any atom is -0.496 e. The Morgan fingerprint density at radius 2 is 2.21 bits per heavy atom. The highest BCUT2D eigenvalue weighted by molar-refractivity contribution is 5.84. The van der Waals surface area contributed by atoms with E-state index < -0.39 is 0 Å². The molecule has 0 saturated heterocycles. The average molecular weight is 188 g/mol. The van der Waals surface area contributed by atoms with Crippen molar-refractivity contribution in [3.05, 3.63) is 35.4 Å². The van der Waals surface area contributed by atoms with Gasteiger partial charge in [-0.25, -0.2) is 0 Å². The standard InChI is InChI=1S/C12H12O2/c1-8-3-4-9-6-12(14-2)10(7-13)5-11(8)9/h5-7H,1,3-4H2,2H3. The summed E-state index contributed by atoms with van der Waals surface area (Å²) in [4.78, 5) is 10.8. The van der Waals surface area contributed by atoms with Gasteiger partial charge in [0, 0.05) is 0 Å². The van der Waals surface area contributed by atoms with Crippen molar-refractivity contribution in [2.24, 2.45) is 0 Å². The van der Waals surface area contributed by atoms with Crippen molar-refractivity contribution < 1.29 is 9.53 Å². The van der Waals surface area contributed by atoms with Crippen LogP contribution >= 0.6 is 0 Å². The van der Waals surface area contributed by atoms with Gasteiger partial charge in [0.2, 0.25) is 0 Å². The maximum absolute atomic E-state index is 10.8. The zero-order chi connectivity index (χ0) is 10.1. The SMILES string of the molecule is C=C1CCc2cc(OC)c(C=O)cc21. The van der Waals surface area contributed by atoms with Crippen molar-refractivity contribution in [3.8, 4) is 5.75 Å². The summed E-state index contributed by atoms with van der Waals surface area (Å²) in [6.07, 6.45) is 2.81. The normalized spacial score (nSPS) is 13.9. The van der Waals surface area contributed by atoms with Crippen LogP contribution in [0, 0.1) is 0 Å². The van der Waals surface area contributed by atoms with Crippen LogP contribution in [0.25, 0.3) is 5.57 Å². The third kappa shape index (κ3) is 1.23. The molecule has 0 aliphatic heterocycles. The van der Waals surface area contributed by atoms with E-state index in [0.29, 0.717) is 11.3 Å². The molecule has 2 nitrogen and oxygen atoms in total. The van der Waals surface area contributed by atoms with Gasteiger partial charge in [0.25, 0.3) is 0 Å². The largest absolute Gasteiger partial charge is 0.496 e. The van der Waals surface area contributed by atoms with E-state index in [1.165, 1.54) is 5.56 Å².